The molecule has 1 aliphatic heterocycles. The minimum atomic E-state index is -0.395. The van der Waals surface area contributed by atoms with Crippen LogP contribution in [0.5, 0.6) is 11.5 Å². The second-order valence-electron chi connectivity index (χ2n) is 6.11. The number of anilines is 1. The largest absolute Gasteiger partial charge is 0.497 e. The fraction of sp³-hybridized carbons (Fsp3) is 0.200. The summed E-state index contributed by atoms with van der Waals surface area (Å²) in [6, 6.07) is 12.5. The number of thiocarbonyl (C=S) groups is 1. The van der Waals surface area contributed by atoms with Gasteiger partial charge in [-0.1, -0.05) is 34.1 Å². The quantitative estimate of drug-likeness (QED) is 0.586. The second-order valence-corrected chi connectivity index (χ2v) is 7.37. The predicted molar refractivity (Wildman–Crippen MR) is 117 cm³/mol. The number of hydrogen-bond acceptors (Lipinski definition) is 4. The summed E-state index contributed by atoms with van der Waals surface area (Å²) in [6.45, 7) is 1.83. The SMILES string of the molecule is COc1ccc(NC(=O)C2=C(C)NC(=S)N[C@H]2c2ccccc2Br)c(OC)c1. The van der Waals surface area contributed by atoms with Crippen LogP contribution in [-0.2, 0) is 4.79 Å². The van der Waals surface area contributed by atoms with Crippen molar-refractivity contribution in [2.45, 2.75) is 13.0 Å². The smallest absolute Gasteiger partial charge is 0.255 e. The standard InChI is InChI=1S/C20H20BrN3O3S/c1-11-17(18(24-20(28)22-11)13-6-4-5-7-14(13)21)19(25)23-15-9-8-12(26-2)10-16(15)27-3/h4-10,18H,1-3H3,(H,23,25)(H2,22,24,28)/t18-/m0/s1. The predicted octanol–water partition coefficient (Wildman–Crippen LogP) is 3.90. The molecule has 0 aromatic heterocycles. The molecule has 1 aliphatic rings. The monoisotopic (exact) mass is 461 g/mol. The topological polar surface area (TPSA) is 71.6 Å². The molecular weight excluding hydrogens is 442 g/mol. The van der Waals surface area contributed by atoms with Gasteiger partial charge in [-0.2, -0.15) is 0 Å². The number of benzene rings is 2. The summed E-state index contributed by atoms with van der Waals surface area (Å²) in [5.41, 5.74) is 2.69. The van der Waals surface area contributed by atoms with Crippen molar-refractivity contribution in [3.05, 3.63) is 63.8 Å². The van der Waals surface area contributed by atoms with Gasteiger partial charge in [0.15, 0.2) is 5.11 Å². The van der Waals surface area contributed by atoms with E-state index in [1.54, 1.807) is 32.4 Å². The molecule has 0 saturated heterocycles. The minimum absolute atomic E-state index is 0.260. The molecule has 0 radical (unpaired) electrons. The van der Waals surface area contributed by atoms with E-state index >= 15 is 0 Å². The second kappa shape index (κ2) is 8.62. The number of hydrogen-bond donors (Lipinski definition) is 3. The highest BCUT2D eigenvalue weighted by molar-refractivity contribution is 9.10. The van der Waals surface area contributed by atoms with Crippen LogP contribution in [0.2, 0.25) is 0 Å². The molecule has 0 saturated carbocycles. The molecule has 3 N–H and O–H groups in total. The van der Waals surface area contributed by atoms with Gasteiger partial charge in [0.1, 0.15) is 11.5 Å². The average Bonchev–Trinajstić information content (AvgIpc) is 2.67. The van der Waals surface area contributed by atoms with Crippen LogP contribution in [0.4, 0.5) is 5.69 Å². The van der Waals surface area contributed by atoms with Gasteiger partial charge in [-0.3, -0.25) is 4.79 Å². The molecule has 1 amide bonds. The number of carbonyl (C=O) groups is 1. The van der Waals surface area contributed by atoms with Gasteiger partial charge in [0.2, 0.25) is 0 Å². The number of halogens is 1. The third-order valence-corrected chi connectivity index (χ3v) is 5.33. The van der Waals surface area contributed by atoms with Crippen LogP contribution in [0.15, 0.2) is 58.2 Å². The van der Waals surface area contributed by atoms with Gasteiger partial charge in [0, 0.05) is 16.2 Å². The first kappa shape index (κ1) is 20.2. The summed E-state index contributed by atoms with van der Waals surface area (Å²) in [5, 5.41) is 9.62. The molecule has 0 aliphatic carbocycles. The molecule has 0 unspecified atom stereocenters. The van der Waals surface area contributed by atoms with E-state index in [0.29, 0.717) is 33.6 Å². The van der Waals surface area contributed by atoms with Crippen molar-refractivity contribution < 1.29 is 14.3 Å². The van der Waals surface area contributed by atoms with E-state index in [0.717, 1.165) is 10.0 Å². The van der Waals surface area contributed by atoms with E-state index < -0.39 is 6.04 Å². The Hall–Kier alpha value is -2.58. The van der Waals surface area contributed by atoms with Crippen molar-refractivity contribution in [3.8, 4) is 11.5 Å². The number of allylic oxidation sites excluding steroid dienone is 1. The van der Waals surface area contributed by atoms with Crippen molar-refractivity contribution in [1.29, 1.82) is 0 Å². The Kier molecular flexibility index (Phi) is 6.21. The van der Waals surface area contributed by atoms with Crippen LogP contribution in [0.1, 0.15) is 18.5 Å². The van der Waals surface area contributed by atoms with E-state index in [-0.39, 0.29) is 5.91 Å². The number of nitrogens with one attached hydrogen (secondary N) is 3. The van der Waals surface area contributed by atoms with Crippen LogP contribution in [-0.4, -0.2) is 25.2 Å². The Morgan fingerprint density at radius 3 is 2.61 bits per heavy atom. The molecule has 1 heterocycles. The molecule has 28 heavy (non-hydrogen) atoms. The van der Waals surface area contributed by atoms with Crippen molar-refractivity contribution >= 4 is 44.9 Å². The van der Waals surface area contributed by atoms with Crippen LogP contribution >= 0.6 is 28.1 Å². The molecule has 6 nitrogen and oxygen atoms in total. The van der Waals surface area contributed by atoms with Gasteiger partial charge in [-0.15, -0.1) is 0 Å². The normalized spacial score (nSPS) is 16.1. The van der Waals surface area contributed by atoms with Gasteiger partial charge >= 0.3 is 0 Å². The molecule has 3 rings (SSSR count). The lowest BCUT2D eigenvalue weighted by atomic mass is 9.95. The Labute approximate surface area is 177 Å². The average molecular weight is 462 g/mol. The van der Waals surface area contributed by atoms with E-state index in [1.165, 1.54) is 0 Å². The van der Waals surface area contributed by atoms with Gasteiger partial charge < -0.3 is 25.4 Å². The third-order valence-electron chi connectivity index (χ3n) is 4.39. The lowest BCUT2D eigenvalue weighted by molar-refractivity contribution is -0.113. The van der Waals surface area contributed by atoms with Crippen molar-refractivity contribution in [1.82, 2.24) is 10.6 Å². The van der Waals surface area contributed by atoms with E-state index in [9.17, 15) is 4.79 Å². The molecule has 0 fully saturated rings. The zero-order valence-electron chi connectivity index (χ0n) is 15.6. The Bertz CT molecular complexity index is 961. The Morgan fingerprint density at radius 1 is 1.18 bits per heavy atom. The van der Waals surface area contributed by atoms with Crippen LogP contribution < -0.4 is 25.4 Å². The number of ether oxygens (including phenoxy) is 2. The highest BCUT2D eigenvalue weighted by Crippen LogP contribution is 2.34. The van der Waals surface area contributed by atoms with Crippen LogP contribution in [0.3, 0.4) is 0 Å². The summed E-state index contributed by atoms with van der Waals surface area (Å²) in [7, 11) is 3.12. The zero-order valence-corrected chi connectivity index (χ0v) is 18.0. The summed E-state index contributed by atoms with van der Waals surface area (Å²) in [4.78, 5) is 13.2. The molecule has 0 spiro atoms. The molecule has 146 valence electrons. The zero-order chi connectivity index (χ0) is 20.3. The maximum absolute atomic E-state index is 13.2. The maximum atomic E-state index is 13.2. The number of amides is 1. The summed E-state index contributed by atoms with van der Waals surface area (Å²) < 4.78 is 11.5. The lowest BCUT2D eigenvalue weighted by Gasteiger charge is -2.31. The molecule has 2 aromatic rings. The lowest BCUT2D eigenvalue weighted by Crippen LogP contribution is -2.45. The van der Waals surface area contributed by atoms with Gasteiger partial charge in [0.25, 0.3) is 5.91 Å². The molecule has 0 bridgehead atoms. The van der Waals surface area contributed by atoms with Crippen molar-refractivity contribution in [2.24, 2.45) is 0 Å². The third kappa shape index (κ3) is 4.13. The summed E-state index contributed by atoms with van der Waals surface area (Å²) >= 11 is 8.86. The number of rotatable bonds is 5. The van der Waals surface area contributed by atoms with Crippen LogP contribution in [0.25, 0.3) is 0 Å². The molecule has 1 atom stereocenters. The van der Waals surface area contributed by atoms with Gasteiger partial charge in [0.05, 0.1) is 31.5 Å². The molecular formula is C20H20BrN3O3S. The summed E-state index contributed by atoms with van der Waals surface area (Å²) in [5.74, 6) is 0.891. The van der Waals surface area contributed by atoms with E-state index in [1.807, 2.05) is 31.2 Å². The van der Waals surface area contributed by atoms with E-state index in [2.05, 4.69) is 31.9 Å². The van der Waals surface area contributed by atoms with Crippen molar-refractivity contribution in [2.75, 3.05) is 19.5 Å². The highest BCUT2D eigenvalue weighted by atomic mass is 79.9. The Morgan fingerprint density at radius 2 is 1.93 bits per heavy atom. The summed E-state index contributed by atoms with van der Waals surface area (Å²) in [6.07, 6.45) is 0. The van der Waals surface area contributed by atoms with Gasteiger partial charge in [-0.25, -0.2) is 0 Å². The van der Waals surface area contributed by atoms with E-state index in [4.69, 9.17) is 21.7 Å². The molecule has 2 aromatic carbocycles. The van der Waals surface area contributed by atoms with Crippen molar-refractivity contribution in [3.63, 3.8) is 0 Å². The first-order valence-corrected chi connectivity index (χ1v) is 9.70. The molecule has 8 heteroatoms. The fourth-order valence-electron chi connectivity index (χ4n) is 3.03. The van der Waals surface area contributed by atoms with Gasteiger partial charge in [-0.05, 0) is 42.9 Å². The minimum Gasteiger partial charge on any atom is -0.497 e. The Balaban J connectivity index is 1.97. The fourth-order valence-corrected chi connectivity index (χ4v) is 3.81. The number of carbonyl (C=O) groups excluding carboxylic acids is 1. The maximum Gasteiger partial charge on any atom is 0.255 e. The van der Waals surface area contributed by atoms with Crippen LogP contribution in [0, 0.1) is 0 Å². The first-order valence-electron chi connectivity index (χ1n) is 8.50. The first-order chi connectivity index (χ1) is 13.4. The number of methoxy groups -OCH3 is 2. The highest BCUT2D eigenvalue weighted by Gasteiger charge is 2.31.